The molecule has 2 N–H and O–H groups in total. The molecule has 100 valence electrons. The van der Waals surface area contributed by atoms with Gasteiger partial charge in [0, 0.05) is 0 Å². The van der Waals surface area contributed by atoms with E-state index >= 15 is 0 Å². The lowest BCUT2D eigenvalue weighted by atomic mass is 10.2. The molecule has 4 nitrogen and oxygen atoms in total. The molecule has 0 aromatic heterocycles. The molecule has 0 saturated heterocycles. The monoisotopic (exact) mass is 280 g/mol. The van der Waals surface area contributed by atoms with Crippen molar-refractivity contribution in [3.05, 3.63) is 59.9 Å². The van der Waals surface area contributed by atoms with Crippen LogP contribution in [-0.2, 0) is 10.0 Å². The van der Waals surface area contributed by atoms with E-state index < -0.39 is 15.8 Å². The van der Waals surface area contributed by atoms with Crippen molar-refractivity contribution in [3.8, 4) is 0 Å². The van der Waals surface area contributed by atoms with Crippen LogP contribution >= 0.6 is 0 Å². The Kier molecular flexibility index (Phi) is 3.82. The summed E-state index contributed by atoms with van der Waals surface area (Å²) in [6.07, 6.45) is 0. The molecule has 2 rings (SSSR count). The number of benzene rings is 2. The van der Waals surface area contributed by atoms with Crippen molar-refractivity contribution >= 4 is 15.7 Å². The van der Waals surface area contributed by atoms with Gasteiger partial charge < -0.3 is 5.43 Å². The molecule has 0 aliphatic rings. The van der Waals surface area contributed by atoms with E-state index in [1.807, 2.05) is 6.92 Å². The highest BCUT2D eigenvalue weighted by atomic mass is 32.2. The fourth-order valence-electron chi connectivity index (χ4n) is 1.47. The average Bonchev–Trinajstić information content (AvgIpc) is 2.37. The molecule has 0 aliphatic carbocycles. The first-order chi connectivity index (χ1) is 8.97. The summed E-state index contributed by atoms with van der Waals surface area (Å²) in [5.41, 5.74) is 3.76. The van der Waals surface area contributed by atoms with Crippen molar-refractivity contribution in [1.82, 2.24) is 4.83 Å². The molecule has 0 fully saturated rings. The van der Waals surface area contributed by atoms with Gasteiger partial charge in [0.25, 0.3) is 10.0 Å². The number of nitrogens with one attached hydrogen (secondary N) is 2. The van der Waals surface area contributed by atoms with Gasteiger partial charge in [0.15, 0.2) is 0 Å². The molecular weight excluding hydrogens is 267 g/mol. The highest BCUT2D eigenvalue weighted by Gasteiger charge is 2.12. The Labute approximate surface area is 111 Å². The minimum Gasteiger partial charge on any atom is -0.308 e. The van der Waals surface area contributed by atoms with Crippen molar-refractivity contribution in [2.75, 3.05) is 5.43 Å². The van der Waals surface area contributed by atoms with Gasteiger partial charge in [-0.1, -0.05) is 23.8 Å². The van der Waals surface area contributed by atoms with Gasteiger partial charge in [-0.05, 0) is 37.3 Å². The molecule has 2 aromatic carbocycles. The highest BCUT2D eigenvalue weighted by Crippen LogP contribution is 2.12. The second-order valence-corrected chi connectivity index (χ2v) is 5.74. The number of rotatable bonds is 4. The molecule has 6 heteroatoms. The zero-order valence-electron chi connectivity index (χ0n) is 10.2. The van der Waals surface area contributed by atoms with E-state index in [4.69, 9.17) is 0 Å². The van der Waals surface area contributed by atoms with E-state index in [0.29, 0.717) is 5.69 Å². The summed E-state index contributed by atoms with van der Waals surface area (Å²) in [6, 6.07) is 11.9. The molecule has 0 atom stereocenters. The quantitative estimate of drug-likeness (QED) is 0.846. The molecule has 0 saturated carbocycles. The van der Waals surface area contributed by atoms with Crippen molar-refractivity contribution in [1.29, 1.82) is 0 Å². The SMILES string of the molecule is Cc1ccc(S(=O)(=O)NNc2cccc(F)c2)cc1. The Hall–Kier alpha value is -1.92. The molecule has 2 aromatic rings. The molecule has 0 unspecified atom stereocenters. The number of aryl methyl sites for hydroxylation is 1. The highest BCUT2D eigenvalue weighted by molar-refractivity contribution is 7.89. The number of halogens is 1. The first kappa shape index (κ1) is 13.5. The average molecular weight is 280 g/mol. The first-order valence-electron chi connectivity index (χ1n) is 5.57. The third-order valence-corrected chi connectivity index (χ3v) is 3.75. The lowest BCUT2D eigenvalue weighted by Crippen LogP contribution is -2.29. The number of hydrogen-bond donors (Lipinski definition) is 2. The van der Waals surface area contributed by atoms with Crippen LogP contribution in [0.4, 0.5) is 10.1 Å². The summed E-state index contributed by atoms with van der Waals surface area (Å²) in [4.78, 5) is 2.33. The van der Waals surface area contributed by atoms with E-state index in [1.54, 1.807) is 18.2 Å². The Morgan fingerprint density at radius 1 is 1.05 bits per heavy atom. The summed E-state index contributed by atoms with van der Waals surface area (Å²) in [5, 5.41) is 0. The van der Waals surface area contributed by atoms with E-state index in [2.05, 4.69) is 10.3 Å². The van der Waals surface area contributed by atoms with Crippen LogP contribution in [0, 0.1) is 12.7 Å². The molecule has 0 heterocycles. The number of hydrogen-bond acceptors (Lipinski definition) is 3. The van der Waals surface area contributed by atoms with Crippen LogP contribution in [0.1, 0.15) is 5.56 Å². The first-order valence-corrected chi connectivity index (χ1v) is 7.06. The minimum atomic E-state index is -3.67. The fraction of sp³-hybridized carbons (Fsp3) is 0.0769. The van der Waals surface area contributed by atoms with Crippen LogP contribution in [0.25, 0.3) is 0 Å². The summed E-state index contributed by atoms with van der Waals surface area (Å²) in [5.74, 6) is -0.445. The predicted octanol–water partition coefficient (Wildman–Crippen LogP) is 2.44. The molecule has 0 radical (unpaired) electrons. The van der Waals surface area contributed by atoms with Gasteiger partial charge in [-0.25, -0.2) is 12.8 Å². The smallest absolute Gasteiger partial charge is 0.257 e. The Balaban J connectivity index is 2.12. The fourth-order valence-corrected chi connectivity index (χ4v) is 2.33. The second-order valence-electron chi connectivity index (χ2n) is 4.05. The van der Waals surface area contributed by atoms with Gasteiger partial charge in [-0.2, -0.15) is 0 Å². The predicted molar refractivity (Wildman–Crippen MR) is 71.5 cm³/mol. The van der Waals surface area contributed by atoms with Gasteiger partial charge in [0.2, 0.25) is 0 Å². The van der Waals surface area contributed by atoms with E-state index in [9.17, 15) is 12.8 Å². The number of sulfonamides is 1. The molecule has 19 heavy (non-hydrogen) atoms. The van der Waals surface area contributed by atoms with Crippen LogP contribution < -0.4 is 10.3 Å². The molecule has 0 bridgehead atoms. The van der Waals surface area contributed by atoms with E-state index in [-0.39, 0.29) is 4.90 Å². The standard InChI is InChI=1S/C13H13FN2O2S/c1-10-5-7-13(8-6-10)19(17,18)16-15-12-4-2-3-11(14)9-12/h2-9,15-16H,1H3. The second kappa shape index (κ2) is 5.38. The van der Waals surface area contributed by atoms with Gasteiger partial charge in [0.1, 0.15) is 5.82 Å². The Bertz CT molecular complexity index is 669. The van der Waals surface area contributed by atoms with Gasteiger partial charge >= 0.3 is 0 Å². The van der Waals surface area contributed by atoms with Crippen LogP contribution in [0.3, 0.4) is 0 Å². The summed E-state index contributed by atoms with van der Waals surface area (Å²) < 4.78 is 36.8. The van der Waals surface area contributed by atoms with E-state index in [0.717, 1.165) is 5.56 Å². The third-order valence-electron chi connectivity index (χ3n) is 2.49. The summed E-state index contributed by atoms with van der Waals surface area (Å²) in [6.45, 7) is 1.87. The maximum absolute atomic E-state index is 12.9. The maximum atomic E-state index is 12.9. The van der Waals surface area contributed by atoms with Gasteiger partial charge in [-0.15, -0.1) is 4.83 Å². The molecular formula is C13H13FN2O2S. The number of anilines is 1. The molecule has 0 aliphatic heterocycles. The van der Waals surface area contributed by atoms with Crippen LogP contribution in [-0.4, -0.2) is 8.42 Å². The lowest BCUT2D eigenvalue weighted by molar-refractivity contribution is 0.587. The van der Waals surface area contributed by atoms with Crippen molar-refractivity contribution in [2.24, 2.45) is 0 Å². The van der Waals surface area contributed by atoms with E-state index in [1.165, 1.54) is 30.3 Å². The normalized spacial score (nSPS) is 11.3. The minimum absolute atomic E-state index is 0.141. The Morgan fingerprint density at radius 3 is 2.37 bits per heavy atom. The van der Waals surface area contributed by atoms with Crippen LogP contribution in [0.2, 0.25) is 0 Å². The van der Waals surface area contributed by atoms with Crippen molar-refractivity contribution in [2.45, 2.75) is 11.8 Å². The maximum Gasteiger partial charge on any atom is 0.257 e. The molecule has 0 amide bonds. The van der Waals surface area contributed by atoms with Crippen LogP contribution in [0.15, 0.2) is 53.4 Å². The van der Waals surface area contributed by atoms with Crippen LogP contribution in [0.5, 0.6) is 0 Å². The van der Waals surface area contributed by atoms with Gasteiger partial charge in [0.05, 0.1) is 10.6 Å². The van der Waals surface area contributed by atoms with Crippen molar-refractivity contribution < 1.29 is 12.8 Å². The zero-order chi connectivity index (χ0) is 13.9. The summed E-state index contributed by atoms with van der Waals surface area (Å²) in [7, 11) is -3.67. The zero-order valence-corrected chi connectivity index (χ0v) is 11.0. The molecule has 0 spiro atoms. The third kappa shape index (κ3) is 3.52. The van der Waals surface area contributed by atoms with Gasteiger partial charge in [-0.3, -0.25) is 0 Å². The van der Waals surface area contributed by atoms with Crippen molar-refractivity contribution in [3.63, 3.8) is 0 Å². The summed E-state index contributed by atoms with van der Waals surface area (Å²) >= 11 is 0. The topological polar surface area (TPSA) is 58.2 Å². The Morgan fingerprint density at radius 2 is 1.74 bits per heavy atom. The lowest BCUT2D eigenvalue weighted by Gasteiger charge is -2.09. The number of hydrazine groups is 1. The largest absolute Gasteiger partial charge is 0.308 e.